The highest BCUT2D eigenvalue weighted by molar-refractivity contribution is 5.78. The van der Waals surface area contributed by atoms with Crippen molar-refractivity contribution in [3.05, 3.63) is 54.0 Å². The van der Waals surface area contributed by atoms with Gasteiger partial charge in [-0.3, -0.25) is 0 Å². The van der Waals surface area contributed by atoms with E-state index in [0.717, 1.165) is 0 Å². The first-order chi connectivity index (χ1) is 12.0. The molecule has 1 N–H and O–H groups in total. The number of carboxylic acids is 1. The zero-order valence-electron chi connectivity index (χ0n) is 13.4. The quantitative estimate of drug-likeness (QED) is 0.920. The molecule has 0 atom stereocenters. The van der Waals surface area contributed by atoms with E-state index in [4.69, 9.17) is 10.00 Å². The Morgan fingerprint density at radius 3 is 2.60 bits per heavy atom. The maximum atomic E-state index is 13.8. The van der Waals surface area contributed by atoms with E-state index >= 15 is 0 Å². The number of carboxylic acid groups (broad SMARTS) is 1. The van der Waals surface area contributed by atoms with E-state index in [9.17, 15) is 14.3 Å². The van der Waals surface area contributed by atoms with E-state index in [2.05, 4.69) is 4.98 Å². The van der Waals surface area contributed by atoms with Crippen LogP contribution in [0.25, 0.3) is 0 Å². The van der Waals surface area contributed by atoms with Gasteiger partial charge in [-0.1, -0.05) is 18.2 Å². The average molecular weight is 341 g/mol. The molecule has 0 bridgehead atoms. The molecule has 6 nitrogen and oxygen atoms in total. The van der Waals surface area contributed by atoms with Gasteiger partial charge in [-0.15, -0.1) is 0 Å². The molecule has 1 aromatic carbocycles. The van der Waals surface area contributed by atoms with Crippen molar-refractivity contribution in [2.45, 2.75) is 18.4 Å². The van der Waals surface area contributed by atoms with E-state index in [1.54, 1.807) is 24.3 Å². The number of benzene rings is 1. The van der Waals surface area contributed by atoms with E-state index in [1.165, 1.54) is 18.2 Å². The van der Waals surface area contributed by atoms with Gasteiger partial charge in [0.05, 0.1) is 0 Å². The molecule has 2 aromatic rings. The number of nitrogens with zero attached hydrogens (tertiary/aromatic N) is 3. The third-order valence-corrected chi connectivity index (χ3v) is 4.28. The molecule has 0 aliphatic carbocycles. The number of carbonyl (C=O) groups is 1. The van der Waals surface area contributed by atoms with Crippen LogP contribution in [0.1, 0.15) is 18.5 Å². The molecule has 1 fully saturated rings. The highest BCUT2D eigenvalue weighted by Gasteiger charge is 2.44. The molecule has 0 spiro atoms. The summed E-state index contributed by atoms with van der Waals surface area (Å²) in [5, 5.41) is 18.6. The largest absolute Gasteiger partial charge is 0.478 e. The van der Waals surface area contributed by atoms with Crippen molar-refractivity contribution < 1.29 is 19.0 Å². The first-order valence-corrected chi connectivity index (χ1v) is 7.83. The summed E-state index contributed by atoms with van der Waals surface area (Å²) in [7, 11) is 0. The summed E-state index contributed by atoms with van der Waals surface area (Å²) in [6.07, 6.45) is 0.351. The van der Waals surface area contributed by atoms with Crippen LogP contribution in [0, 0.1) is 17.1 Å². The molecule has 0 amide bonds. The van der Waals surface area contributed by atoms with Gasteiger partial charge in [0, 0.05) is 25.9 Å². The number of hydrogen-bond acceptors (Lipinski definition) is 5. The fourth-order valence-electron chi connectivity index (χ4n) is 2.86. The lowest BCUT2D eigenvalue weighted by atomic mass is 9.91. The predicted octanol–water partition coefficient (Wildman–Crippen LogP) is 2.59. The summed E-state index contributed by atoms with van der Waals surface area (Å²) in [4.78, 5) is 17.9. The van der Waals surface area contributed by atoms with Gasteiger partial charge in [0.25, 0.3) is 0 Å². The van der Waals surface area contributed by atoms with Crippen molar-refractivity contribution in [3.63, 3.8) is 0 Å². The fourth-order valence-corrected chi connectivity index (χ4v) is 2.86. The van der Waals surface area contributed by atoms with Gasteiger partial charge < -0.3 is 14.7 Å². The van der Waals surface area contributed by atoms with Gasteiger partial charge in [0.2, 0.25) is 5.60 Å². The number of piperidine rings is 1. The van der Waals surface area contributed by atoms with Gasteiger partial charge in [-0.25, -0.2) is 14.2 Å². The van der Waals surface area contributed by atoms with Crippen LogP contribution in [0.3, 0.4) is 0 Å². The first-order valence-electron chi connectivity index (χ1n) is 7.83. The SMILES string of the molecule is N#Cc1cccc(N2CCC(Oc3ccccc3F)(C(=O)O)CC2)n1. The molecule has 25 heavy (non-hydrogen) atoms. The third kappa shape index (κ3) is 3.38. The Hall–Kier alpha value is -3.14. The number of rotatable bonds is 4. The number of para-hydroxylation sites is 1. The number of ether oxygens (including phenoxy) is 1. The summed E-state index contributed by atoms with van der Waals surface area (Å²) in [6.45, 7) is 0.755. The number of halogens is 1. The Bertz CT molecular complexity index is 826. The highest BCUT2D eigenvalue weighted by atomic mass is 19.1. The Labute approximate surface area is 144 Å². The van der Waals surface area contributed by atoms with E-state index in [0.29, 0.717) is 24.6 Å². The first kappa shape index (κ1) is 16.7. The molecule has 0 saturated carbocycles. The molecule has 1 saturated heterocycles. The second-order valence-electron chi connectivity index (χ2n) is 5.81. The second-order valence-corrected chi connectivity index (χ2v) is 5.81. The van der Waals surface area contributed by atoms with E-state index < -0.39 is 17.4 Å². The number of aliphatic carboxylic acids is 1. The Morgan fingerprint density at radius 2 is 1.96 bits per heavy atom. The van der Waals surface area contributed by atoms with E-state index in [-0.39, 0.29) is 18.6 Å². The Morgan fingerprint density at radius 1 is 1.24 bits per heavy atom. The standard InChI is InChI=1S/C18H16FN3O3/c19-14-5-1-2-6-15(14)25-18(17(23)24)8-10-22(11-9-18)16-7-3-4-13(12-20)21-16/h1-7H,8-11H2,(H,23,24). The number of nitriles is 1. The summed E-state index contributed by atoms with van der Waals surface area (Å²) < 4.78 is 19.4. The summed E-state index contributed by atoms with van der Waals surface area (Å²) >= 11 is 0. The third-order valence-electron chi connectivity index (χ3n) is 4.28. The molecule has 0 radical (unpaired) electrons. The minimum absolute atomic E-state index is 0.0667. The van der Waals surface area contributed by atoms with Crippen LogP contribution in [-0.4, -0.2) is 34.8 Å². The molecule has 1 aromatic heterocycles. The summed E-state index contributed by atoms with van der Waals surface area (Å²) in [5.74, 6) is -1.16. The number of anilines is 1. The Balaban J connectivity index is 1.78. The molecular formula is C18H16FN3O3. The minimum Gasteiger partial charge on any atom is -0.478 e. The summed E-state index contributed by atoms with van der Waals surface area (Å²) in [6, 6.07) is 12.9. The average Bonchev–Trinajstić information content (AvgIpc) is 2.64. The van der Waals surface area contributed by atoms with Crippen LogP contribution in [0.4, 0.5) is 10.2 Å². The fraction of sp³-hybridized carbons (Fsp3) is 0.278. The summed E-state index contributed by atoms with van der Waals surface area (Å²) in [5.41, 5.74) is -1.18. The smallest absolute Gasteiger partial charge is 0.348 e. The lowest BCUT2D eigenvalue weighted by molar-refractivity contribution is -0.157. The van der Waals surface area contributed by atoms with Crippen LogP contribution >= 0.6 is 0 Å². The normalized spacial score (nSPS) is 16.1. The van der Waals surface area contributed by atoms with E-state index in [1.807, 2.05) is 11.0 Å². The highest BCUT2D eigenvalue weighted by Crippen LogP contribution is 2.32. The van der Waals surface area contributed by atoms with Crippen molar-refractivity contribution in [3.8, 4) is 11.8 Å². The van der Waals surface area contributed by atoms with Crippen LogP contribution < -0.4 is 9.64 Å². The number of pyridine rings is 1. The number of aromatic nitrogens is 1. The second kappa shape index (κ2) is 6.77. The maximum absolute atomic E-state index is 13.8. The van der Waals surface area contributed by atoms with Crippen LogP contribution in [-0.2, 0) is 4.79 Å². The van der Waals surface area contributed by atoms with Gasteiger partial charge in [0.15, 0.2) is 11.6 Å². The van der Waals surface area contributed by atoms with Crippen LogP contribution in [0.5, 0.6) is 5.75 Å². The maximum Gasteiger partial charge on any atom is 0.348 e. The van der Waals surface area contributed by atoms with Gasteiger partial charge >= 0.3 is 5.97 Å². The topological polar surface area (TPSA) is 86.5 Å². The van der Waals surface area contributed by atoms with Gasteiger partial charge in [-0.05, 0) is 24.3 Å². The van der Waals surface area contributed by atoms with Gasteiger partial charge in [-0.2, -0.15) is 5.26 Å². The molecule has 1 aliphatic heterocycles. The molecule has 3 rings (SSSR count). The lowest BCUT2D eigenvalue weighted by Gasteiger charge is -2.39. The molecule has 128 valence electrons. The molecule has 0 unspecified atom stereocenters. The predicted molar refractivity (Wildman–Crippen MR) is 87.8 cm³/mol. The lowest BCUT2D eigenvalue weighted by Crippen LogP contribution is -2.53. The molecule has 2 heterocycles. The minimum atomic E-state index is -1.48. The van der Waals surface area contributed by atoms with Crippen molar-refractivity contribution in [1.29, 1.82) is 5.26 Å². The molecular weight excluding hydrogens is 325 g/mol. The van der Waals surface area contributed by atoms with Crippen LogP contribution in [0.15, 0.2) is 42.5 Å². The number of hydrogen-bond donors (Lipinski definition) is 1. The van der Waals surface area contributed by atoms with Crippen molar-refractivity contribution in [2.24, 2.45) is 0 Å². The van der Waals surface area contributed by atoms with Crippen molar-refractivity contribution in [2.75, 3.05) is 18.0 Å². The van der Waals surface area contributed by atoms with Crippen molar-refractivity contribution >= 4 is 11.8 Å². The molecule has 1 aliphatic rings. The zero-order valence-corrected chi connectivity index (χ0v) is 13.4. The Kier molecular flexibility index (Phi) is 4.52. The molecule has 7 heteroatoms. The zero-order chi connectivity index (χ0) is 17.9. The van der Waals surface area contributed by atoms with Crippen LogP contribution in [0.2, 0.25) is 0 Å². The van der Waals surface area contributed by atoms with Crippen molar-refractivity contribution in [1.82, 2.24) is 4.98 Å². The van der Waals surface area contributed by atoms with Gasteiger partial charge in [0.1, 0.15) is 17.6 Å². The monoisotopic (exact) mass is 341 g/mol.